The zero-order valence-electron chi connectivity index (χ0n) is 6.03. The molecule has 0 atom stereocenters. The maximum Gasteiger partial charge on any atom is 0.350 e. The maximum atomic E-state index is 12.6. The van der Waals surface area contributed by atoms with Crippen LogP contribution in [-0.2, 0) is 11.3 Å². The Hall–Kier alpha value is -1.72. The predicted molar refractivity (Wildman–Crippen MR) is 38.9 cm³/mol. The van der Waals surface area contributed by atoms with Gasteiger partial charge < -0.3 is 10.5 Å². The van der Waals surface area contributed by atoms with Crippen LogP contribution in [0.4, 0.5) is 10.2 Å². The van der Waals surface area contributed by atoms with Crippen molar-refractivity contribution in [1.29, 1.82) is 0 Å². The van der Waals surface area contributed by atoms with Crippen LogP contribution in [-0.4, -0.2) is 15.8 Å². The van der Waals surface area contributed by atoms with E-state index in [0.29, 0.717) is 6.29 Å². The molecule has 5 nitrogen and oxygen atoms in total. The first-order chi connectivity index (χ1) is 5.65. The molecule has 0 fully saturated rings. The monoisotopic (exact) mass is 171 g/mol. The standard InChI is InChI=1S/C6H6FN3O2/c7-4-3-10(1-2-11)6(12)9-5(4)8/h2-3H,1H2,(H2,8,9,12). The van der Waals surface area contributed by atoms with Gasteiger partial charge in [0.25, 0.3) is 0 Å². The Morgan fingerprint density at radius 1 is 1.75 bits per heavy atom. The van der Waals surface area contributed by atoms with Gasteiger partial charge in [0.05, 0.1) is 6.54 Å². The largest absolute Gasteiger partial charge is 0.381 e. The minimum Gasteiger partial charge on any atom is -0.381 e. The highest BCUT2D eigenvalue weighted by molar-refractivity contribution is 5.49. The summed E-state index contributed by atoms with van der Waals surface area (Å²) in [6.07, 6.45) is 1.32. The number of rotatable bonds is 2. The highest BCUT2D eigenvalue weighted by Crippen LogP contribution is 1.99. The fourth-order valence-electron chi connectivity index (χ4n) is 0.690. The van der Waals surface area contributed by atoms with Gasteiger partial charge in [-0.2, -0.15) is 4.98 Å². The lowest BCUT2D eigenvalue weighted by molar-refractivity contribution is -0.108. The Bertz CT molecular complexity index is 360. The highest BCUT2D eigenvalue weighted by Gasteiger charge is 2.03. The van der Waals surface area contributed by atoms with Gasteiger partial charge in [0.1, 0.15) is 6.29 Å². The highest BCUT2D eigenvalue weighted by atomic mass is 19.1. The minimum atomic E-state index is -0.809. The number of carbonyl (C=O) groups is 1. The number of hydrogen-bond acceptors (Lipinski definition) is 4. The van der Waals surface area contributed by atoms with E-state index in [0.717, 1.165) is 10.8 Å². The lowest BCUT2D eigenvalue weighted by Crippen LogP contribution is -2.25. The lowest BCUT2D eigenvalue weighted by atomic mass is 10.5. The van der Waals surface area contributed by atoms with Crippen molar-refractivity contribution in [3.05, 3.63) is 22.5 Å². The van der Waals surface area contributed by atoms with Crippen LogP contribution < -0.4 is 11.4 Å². The van der Waals surface area contributed by atoms with Gasteiger partial charge in [-0.15, -0.1) is 0 Å². The molecule has 1 heterocycles. The third-order valence-electron chi connectivity index (χ3n) is 1.25. The predicted octanol–water partition coefficient (Wildman–Crippen LogP) is -0.837. The van der Waals surface area contributed by atoms with E-state index in [1.165, 1.54) is 0 Å². The van der Waals surface area contributed by atoms with E-state index in [4.69, 9.17) is 5.73 Å². The summed E-state index contributed by atoms with van der Waals surface area (Å²) in [5, 5.41) is 0. The molecule has 6 heteroatoms. The molecule has 0 radical (unpaired) electrons. The topological polar surface area (TPSA) is 78.0 Å². The number of carbonyl (C=O) groups excluding carboxylic acids is 1. The molecule has 0 aliphatic carbocycles. The van der Waals surface area contributed by atoms with E-state index in [-0.39, 0.29) is 6.54 Å². The average molecular weight is 171 g/mol. The van der Waals surface area contributed by atoms with E-state index in [1.807, 2.05) is 0 Å². The molecule has 0 aromatic carbocycles. The zero-order valence-corrected chi connectivity index (χ0v) is 6.03. The van der Waals surface area contributed by atoms with Gasteiger partial charge in [-0.25, -0.2) is 9.18 Å². The van der Waals surface area contributed by atoms with E-state index in [9.17, 15) is 14.0 Å². The number of anilines is 1. The van der Waals surface area contributed by atoms with Gasteiger partial charge in [-0.3, -0.25) is 4.57 Å². The molecule has 0 spiro atoms. The first kappa shape index (κ1) is 8.38. The third kappa shape index (κ3) is 1.47. The number of nitrogens with two attached hydrogens (primary N) is 1. The van der Waals surface area contributed by atoms with Crippen molar-refractivity contribution in [2.24, 2.45) is 0 Å². The summed E-state index contributed by atoms with van der Waals surface area (Å²) < 4.78 is 13.5. The molecule has 0 bridgehead atoms. The van der Waals surface area contributed by atoms with Crippen LogP contribution in [0.25, 0.3) is 0 Å². The molecule has 12 heavy (non-hydrogen) atoms. The molecule has 0 saturated heterocycles. The minimum absolute atomic E-state index is 0.219. The normalized spacial score (nSPS) is 9.75. The fraction of sp³-hybridized carbons (Fsp3) is 0.167. The number of hydrogen-bond donors (Lipinski definition) is 1. The maximum absolute atomic E-state index is 12.6. The fourth-order valence-corrected chi connectivity index (χ4v) is 0.690. The van der Waals surface area contributed by atoms with Crippen LogP contribution in [0.2, 0.25) is 0 Å². The molecule has 1 aromatic rings. The van der Waals surface area contributed by atoms with Gasteiger partial charge >= 0.3 is 5.69 Å². The number of nitrogens with zero attached hydrogens (tertiary/aromatic N) is 2. The molecular weight excluding hydrogens is 165 g/mol. The summed E-state index contributed by atoms with van der Waals surface area (Å²) in [7, 11) is 0. The second-order valence-corrected chi connectivity index (χ2v) is 2.08. The molecule has 1 rings (SSSR count). The van der Waals surface area contributed by atoms with Gasteiger partial charge in [-0.05, 0) is 0 Å². The van der Waals surface area contributed by atoms with Gasteiger partial charge in [0.15, 0.2) is 11.6 Å². The van der Waals surface area contributed by atoms with E-state index < -0.39 is 17.3 Å². The first-order valence-corrected chi connectivity index (χ1v) is 3.11. The smallest absolute Gasteiger partial charge is 0.350 e. The van der Waals surface area contributed by atoms with Gasteiger partial charge in [0, 0.05) is 6.20 Å². The molecule has 1 aromatic heterocycles. The molecule has 0 saturated carbocycles. The summed E-state index contributed by atoms with van der Waals surface area (Å²) in [4.78, 5) is 24.0. The Labute approximate surface area is 66.6 Å². The molecular formula is C6H6FN3O2. The summed E-state index contributed by atoms with van der Waals surface area (Å²) in [6.45, 7) is -0.219. The summed E-state index contributed by atoms with van der Waals surface area (Å²) >= 11 is 0. The first-order valence-electron chi connectivity index (χ1n) is 3.11. The second-order valence-electron chi connectivity index (χ2n) is 2.08. The number of nitrogen functional groups attached to an aromatic ring is 1. The number of halogens is 1. The molecule has 0 aliphatic heterocycles. The summed E-state index contributed by atoms with van der Waals surface area (Å²) in [5.41, 5.74) is 4.26. The van der Waals surface area contributed by atoms with Crippen molar-refractivity contribution in [1.82, 2.24) is 9.55 Å². The SMILES string of the molecule is Nc1nc(=O)n(CC=O)cc1F. The van der Waals surface area contributed by atoms with Crippen molar-refractivity contribution < 1.29 is 9.18 Å². The van der Waals surface area contributed by atoms with Crippen LogP contribution >= 0.6 is 0 Å². The Morgan fingerprint density at radius 3 is 3.00 bits per heavy atom. The molecule has 2 N–H and O–H groups in total. The van der Waals surface area contributed by atoms with E-state index in [1.54, 1.807) is 0 Å². The number of aromatic nitrogens is 2. The quantitative estimate of drug-likeness (QED) is 0.588. The van der Waals surface area contributed by atoms with Gasteiger partial charge in [0.2, 0.25) is 0 Å². The van der Waals surface area contributed by atoms with Crippen molar-refractivity contribution in [3.8, 4) is 0 Å². The van der Waals surface area contributed by atoms with Crippen LogP contribution in [0.5, 0.6) is 0 Å². The van der Waals surface area contributed by atoms with E-state index in [2.05, 4.69) is 4.98 Å². The van der Waals surface area contributed by atoms with Crippen LogP contribution in [0, 0.1) is 5.82 Å². The third-order valence-corrected chi connectivity index (χ3v) is 1.25. The average Bonchev–Trinajstić information content (AvgIpc) is 2.01. The lowest BCUT2D eigenvalue weighted by Gasteiger charge is -1.99. The molecule has 0 aliphatic rings. The Balaban J connectivity index is 3.23. The molecule has 0 unspecified atom stereocenters. The van der Waals surface area contributed by atoms with Crippen LogP contribution in [0.3, 0.4) is 0 Å². The van der Waals surface area contributed by atoms with Crippen LogP contribution in [0.15, 0.2) is 11.0 Å². The molecule has 0 amide bonds. The zero-order chi connectivity index (χ0) is 9.14. The van der Waals surface area contributed by atoms with Crippen molar-refractivity contribution >= 4 is 12.1 Å². The van der Waals surface area contributed by atoms with E-state index >= 15 is 0 Å². The second kappa shape index (κ2) is 3.12. The van der Waals surface area contributed by atoms with Crippen LogP contribution in [0.1, 0.15) is 0 Å². The van der Waals surface area contributed by atoms with Crippen molar-refractivity contribution in [2.45, 2.75) is 6.54 Å². The summed E-state index contributed by atoms with van der Waals surface area (Å²) in [6, 6.07) is 0. The summed E-state index contributed by atoms with van der Waals surface area (Å²) in [5.74, 6) is -1.27. The number of aldehydes is 1. The Kier molecular flexibility index (Phi) is 2.18. The van der Waals surface area contributed by atoms with Gasteiger partial charge in [-0.1, -0.05) is 0 Å². The Morgan fingerprint density at radius 2 is 2.42 bits per heavy atom. The van der Waals surface area contributed by atoms with Crippen molar-refractivity contribution in [3.63, 3.8) is 0 Å². The molecule has 64 valence electrons. The van der Waals surface area contributed by atoms with Crippen molar-refractivity contribution in [2.75, 3.05) is 5.73 Å².